The van der Waals surface area contributed by atoms with E-state index in [0.29, 0.717) is 12.8 Å². The van der Waals surface area contributed by atoms with E-state index in [1.807, 2.05) is 6.07 Å². The lowest BCUT2D eigenvalue weighted by Crippen LogP contribution is -2.45. The molecule has 1 aliphatic heterocycles. The number of hydrogen-bond acceptors (Lipinski definition) is 4. The summed E-state index contributed by atoms with van der Waals surface area (Å²) in [6.45, 7) is 0.0215. The molecule has 1 saturated carbocycles. The number of carbonyl (C=O) groups excluding carboxylic acids is 3. The molecular weight excluding hydrogens is 284 g/mol. The van der Waals surface area contributed by atoms with Crippen LogP contribution in [0.4, 0.5) is 4.79 Å². The summed E-state index contributed by atoms with van der Waals surface area (Å²) in [5, 5.41) is 5.42. The van der Waals surface area contributed by atoms with Crippen LogP contribution in [-0.4, -0.2) is 39.8 Å². The Morgan fingerprint density at radius 2 is 2.09 bits per heavy atom. The molecule has 1 saturated heterocycles. The average molecular weight is 302 g/mol. The number of pyridine rings is 1. The molecule has 0 atom stereocenters. The molecule has 0 bridgehead atoms. The standard InChI is InChI=1S/C15H18N4O3/c20-12(17-9-11-5-1-4-8-16-11)10-19-13(21)15(18-14(19)22)6-2-3-7-15/h1,4-5,8H,2-3,6-7,9-10H2,(H,17,20)(H,18,22). The first kappa shape index (κ1) is 14.5. The van der Waals surface area contributed by atoms with Crippen molar-refractivity contribution in [3.63, 3.8) is 0 Å². The Balaban J connectivity index is 1.57. The normalized spacial score (nSPS) is 19.5. The number of nitrogens with zero attached hydrogens (tertiary/aromatic N) is 2. The molecule has 7 heteroatoms. The van der Waals surface area contributed by atoms with Gasteiger partial charge in [0, 0.05) is 6.20 Å². The topological polar surface area (TPSA) is 91.4 Å². The lowest BCUT2D eigenvalue weighted by Gasteiger charge is -2.19. The Hall–Kier alpha value is -2.44. The SMILES string of the molecule is O=C(CN1C(=O)NC2(CCCC2)C1=O)NCc1ccccn1. The quantitative estimate of drug-likeness (QED) is 0.795. The lowest BCUT2D eigenvalue weighted by molar-refractivity contribution is -0.134. The van der Waals surface area contributed by atoms with Gasteiger partial charge in [-0.25, -0.2) is 4.79 Å². The molecule has 0 radical (unpaired) electrons. The van der Waals surface area contributed by atoms with E-state index in [-0.39, 0.29) is 24.9 Å². The number of rotatable bonds is 4. The summed E-state index contributed by atoms with van der Waals surface area (Å²) in [7, 11) is 0. The van der Waals surface area contributed by atoms with Crippen LogP contribution < -0.4 is 10.6 Å². The van der Waals surface area contributed by atoms with E-state index in [2.05, 4.69) is 15.6 Å². The fourth-order valence-corrected chi connectivity index (χ4v) is 3.03. The molecule has 1 aromatic heterocycles. The Labute approximate surface area is 128 Å². The number of carbonyl (C=O) groups is 3. The van der Waals surface area contributed by atoms with Crippen molar-refractivity contribution < 1.29 is 14.4 Å². The Morgan fingerprint density at radius 1 is 1.32 bits per heavy atom. The van der Waals surface area contributed by atoms with Crippen LogP contribution in [0.2, 0.25) is 0 Å². The summed E-state index contributed by atoms with van der Waals surface area (Å²) in [5.74, 6) is -0.646. The second kappa shape index (κ2) is 5.75. The predicted octanol–water partition coefficient (Wildman–Crippen LogP) is 0.562. The highest BCUT2D eigenvalue weighted by Gasteiger charge is 2.52. The van der Waals surface area contributed by atoms with Crippen molar-refractivity contribution in [2.24, 2.45) is 0 Å². The maximum absolute atomic E-state index is 12.4. The van der Waals surface area contributed by atoms with E-state index < -0.39 is 11.6 Å². The van der Waals surface area contributed by atoms with Crippen LogP contribution in [0.5, 0.6) is 0 Å². The molecule has 0 aromatic carbocycles. The highest BCUT2D eigenvalue weighted by atomic mass is 16.2. The minimum Gasteiger partial charge on any atom is -0.349 e. The van der Waals surface area contributed by atoms with Gasteiger partial charge in [-0.15, -0.1) is 0 Å². The molecule has 22 heavy (non-hydrogen) atoms. The second-order valence-electron chi connectivity index (χ2n) is 5.71. The number of aromatic nitrogens is 1. The van der Waals surface area contributed by atoms with Crippen LogP contribution in [-0.2, 0) is 16.1 Å². The molecular formula is C15H18N4O3. The third-order valence-corrected chi connectivity index (χ3v) is 4.20. The number of hydrogen-bond donors (Lipinski definition) is 2. The van der Waals surface area contributed by atoms with Crippen molar-refractivity contribution in [2.45, 2.75) is 37.8 Å². The van der Waals surface area contributed by atoms with Crippen LogP contribution in [0.1, 0.15) is 31.4 Å². The maximum atomic E-state index is 12.4. The van der Waals surface area contributed by atoms with E-state index in [9.17, 15) is 14.4 Å². The second-order valence-corrected chi connectivity index (χ2v) is 5.71. The maximum Gasteiger partial charge on any atom is 0.325 e. The molecule has 0 unspecified atom stereocenters. The van der Waals surface area contributed by atoms with E-state index in [1.165, 1.54) is 0 Å². The zero-order valence-corrected chi connectivity index (χ0v) is 12.2. The van der Waals surface area contributed by atoms with E-state index in [0.717, 1.165) is 23.4 Å². The molecule has 1 aromatic rings. The van der Waals surface area contributed by atoms with Crippen LogP contribution in [0, 0.1) is 0 Å². The molecule has 3 rings (SSSR count). The minimum absolute atomic E-state index is 0.251. The van der Waals surface area contributed by atoms with Crippen LogP contribution >= 0.6 is 0 Å². The van der Waals surface area contributed by atoms with Gasteiger partial charge < -0.3 is 10.6 Å². The molecule has 4 amide bonds. The highest BCUT2D eigenvalue weighted by Crippen LogP contribution is 2.34. The Bertz CT molecular complexity index is 596. The van der Waals surface area contributed by atoms with Crippen molar-refractivity contribution in [3.05, 3.63) is 30.1 Å². The number of nitrogens with one attached hydrogen (secondary N) is 2. The number of amides is 4. The third kappa shape index (κ3) is 2.66. The summed E-state index contributed by atoms with van der Waals surface area (Å²) in [5.41, 5.74) is -0.0430. The number of urea groups is 1. The van der Waals surface area contributed by atoms with Crippen molar-refractivity contribution in [1.82, 2.24) is 20.5 Å². The van der Waals surface area contributed by atoms with E-state index in [4.69, 9.17) is 0 Å². The summed E-state index contributed by atoms with van der Waals surface area (Å²) in [4.78, 5) is 41.4. The number of imide groups is 1. The average Bonchev–Trinajstić information content (AvgIpc) is 3.08. The van der Waals surface area contributed by atoms with Crippen molar-refractivity contribution in [2.75, 3.05) is 6.54 Å². The van der Waals surface area contributed by atoms with Crippen molar-refractivity contribution in [1.29, 1.82) is 0 Å². The van der Waals surface area contributed by atoms with Gasteiger partial charge in [0.2, 0.25) is 5.91 Å². The zero-order valence-electron chi connectivity index (χ0n) is 12.2. The molecule has 2 N–H and O–H groups in total. The van der Waals surface area contributed by atoms with Gasteiger partial charge in [-0.1, -0.05) is 18.9 Å². The van der Waals surface area contributed by atoms with Gasteiger partial charge in [0.1, 0.15) is 12.1 Å². The van der Waals surface area contributed by atoms with Crippen LogP contribution in [0.25, 0.3) is 0 Å². The first-order valence-corrected chi connectivity index (χ1v) is 7.41. The Kier molecular flexibility index (Phi) is 3.79. The molecule has 2 aliphatic rings. The van der Waals surface area contributed by atoms with Crippen molar-refractivity contribution in [3.8, 4) is 0 Å². The lowest BCUT2D eigenvalue weighted by atomic mass is 9.98. The molecule has 1 aliphatic carbocycles. The van der Waals surface area contributed by atoms with Gasteiger partial charge in [-0.2, -0.15) is 0 Å². The van der Waals surface area contributed by atoms with Crippen molar-refractivity contribution >= 4 is 17.8 Å². The fraction of sp³-hybridized carbons (Fsp3) is 0.467. The molecule has 7 nitrogen and oxygen atoms in total. The fourth-order valence-electron chi connectivity index (χ4n) is 3.03. The van der Waals surface area contributed by atoms with Gasteiger partial charge in [-0.05, 0) is 25.0 Å². The van der Waals surface area contributed by atoms with Crippen LogP contribution in [0.3, 0.4) is 0 Å². The molecule has 2 heterocycles. The van der Waals surface area contributed by atoms with E-state index >= 15 is 0 Å². The molecule has 2 fully saturated rings. The molecule has 1 spiro atoms. The summed E-state index contributed by atoms with van der Waals surface area (Å²) < 4.78 is 0. The van der Waals surface area contributed by atoms with Crippen LogP contribution in [0.15, 0.2) is 24.4 Å². The van der Waals surface area contributed by atoms with Gasteiger partial charge in [0.25, 0.3) is 5.91 Å². The van der Waals surface area contributed by atoms with Gasteiger partial charge in [-0.3, -0.25) is 19.5 Å². The van der Waals surface area contributed by atoms with Gasteiger partial charge in [0.05, 0.1) is 12.2 Å². The Morgan fingerprint density at radius 3 is 2.77 bits per heavy atom. The first-order valence-electron chi connectivity index (χ1n) is 7.41. The largest absolute Gasteiger partial charge is 0.349 e. The summed E-state index contributed by atoms with van der Waals surface area (Å²) in [6, 6.07) is 4.94. The van der Waals surface area contributed by atoms with Gasteiger partial charge in [0.15, 0.2) is 0 Å². The summed E-state index contributed by atoms with van der Waals surface area (Å²) >= 11 is 0. The van der Waals surface area contributed by atoms with E-state index in [1.54, 1.807) is 18.3 Å². The molecule has 116 valence electrons. The first-order chi connectivity index (χ1) is 10.6. The third-order valence-electron chi connectivity index (χ3n) is 4.20. The minimum atomic E-state index is -0.766. The predicted molar refractivity (Wildman–Crippen MR) is 77.5 cm³/mol. The zero-order chi connectivity index (χ0) is 15.6. The highest BCUT2D eigenvalue weighted by molar-refractivity contribution is 6.09. The monoisotopic (exact) mass is 302 g/mol. The summed E-state index contributed by atoms with van der Waals surface area (Å²) in [6.07, 6.45) is 4.80. The smallest absolute Gasteiger partial charge is 0.325 e. The van der Waals surface area contributed by atoms with Gasteiger partial charge >= 0.3 is 6.03 Å².